The van der Waals surface area contributed by atoms with Crippen molar-refractivity contribution in [1.82, 2.24) is 19.5 Å². The Morgan fingerprint density at radius 1 is 1.11 bits per heavy atom. The lowest BCUT2D eigenvalue weighted by molar-refractivity contribution is -0.708. The minimum absolute atomic E-state index is 0.0893. The van der Waals surface area contributed by atoms with Crippen LogP contribution in [0.2, 0.25) is 0 Å². The number of hydrogen-bond donors (Lipinski definition) is 1. The molecule has 248 valence electrons. The third-order valence-electron chi connectivity index (χ3n) is 6.58. The molecule has 1 aliphatic rings. The topological polar surface area (TPSA) is 167 Å². The van der Waals surface area contributed by atoms with Crippen LogP contribution in [0.15, 0.2) is 64.8 Å². The van der Waals surface area contributed by atoms with Gasteiger partial charge in [-0.1, -0.05) is 29.8 Å². The molecule has 1 saturated heterocycles. The number of nitrogens with one attached hydrogen (secondary N) is 1. The number of rotatable bonds is 9. The average molecular weight is 669 g/mol. The van der Waals surface area contributed by atoms with E-state index < -0.39 is 52.3 Å². The van der Waals surface area contributed by atoms with Crippen molar-refractivity contribution in [3.05, 3.63) is 71.1 Å². The zero-order chi connectivity index (χ0) is 33.9. The standard InChI is InChI=1S/C28H31F3N6O8S/c1-18-5-7-19(8-6-18)23-15-24(28(29,30)31)32-36(23)20-9-11-22(12-10-20)46(41,42)33-26(39)45-21-13-14-35(16-21)37(40)34-44-17-43-25(38)27(2,3)4/h5-12,15,21H,13-14,16-17H2,1-4H3,(H,33,39)/b37-34+. The van der Waals surface area contributed by atoms with Crippen LogP contribution < -0.4 is 4.72 Å². The Bertz CT molecular complexity index is 1700. The molecule has 1 atom stereocenters. The van der Waals surface area contributed by atoms with Crippen LogP contribution in [0.5, 0.6) is 0 Å². The van der Waals surface area contributed by atoms with Crippen LogP contribution in [0, 0.1) is 17.5 Å². The number of carbonyl (C=O) groups excluding carboxylic acids is 2. The second-order valence-corrected chi connectivity index (χ2v) is 13.0. The van der Waals surface area contributed by atoms with Crippen molar-refractivity contribution < 1.29 is 50.5 Å². The summed E-state index contributed by atoms with van der Waals surface area (Å²) in [5, 5.41) is 20.2. The number of halogens is 3. The maximum atomic E-state index is 13.5. The summed E-state index contributed by atoms with van der Waals surface area (Å²) in [5.41, 5.74) is -0.256. The van der Waals surface area contributed by atoms with Crippen molar-refractivity contribution in [2.45, 2.75) is 51.3 Å². The Balaban J connectivity index is 1.37. The number of hydrazine groups is 1. The van der Waals surface area contributed by atoms with Crippen LogP contribution >= 0.6 is 0 Å². The van der Waals surface area contributed by atoms with E-state index in [9.17, 15) is 36.4 Å². The summed E-state index contributed by atoms with van der Waals surface area (Å²) in [6.45, 7) is 6.12. The van der Waals surface area contributed by atoms with E-state index in [1.807, 2.05) is 6.92 Å². The first-order valence-electron chi connectivity index (χ1n) is 13.7. The SMILES string of the molecule is Cc1ccc(-c2cc(C(F)(F)F)nn2-c2ccc(S(=O)(=O)NC(=O)OC3CCN(/[N+]([O-])=N\OCOC(=O)C(C)(C)C)C3)cc2)cc1. The predicted octanol–water partition coefficient (Wildman–Crippen LogP) is 4.71. The Hall–Kier alpha value is -4.87. The number of carbonyl (C=O) groups is 2. The fourth-order valence-corrected chi connectivity index (χ4v) is 5.02. The number of aryl methyl sites for hydroxylation is 1. The summed E-state index contributed by atoms with van der Waals surface area (Å²) >= 11 is 0. The largest absolute Gasteiger partial charge is 0.569 e. The third kappa shape index (κ3) is 8.43. The minimum atomic E-state index is -4.72. The first kappa shape index (κ1) is 34.0. The van der Waals surface area contributed by atoms with Gasteiger partial charge >= 0.3 is 18.2 Å². The van der Waals surface area contributed by atoms with Crippen LogP contribution in [-0.4, -0.2) is 66.2 Å². The van der Waals surface area contributed by atoms with Crippen LogP contribution in [0.4, 0.5) is 18.0 Å². The number of aromatic nitrogens is 2. The highest BCUT2D eigenvalue weighted by atomic mass is 32.2. The number of hydrogen-bond acceptors (Lipinski definition) is 10. The lowest BCUT2D eigenvalue weighted by Gasteiger charge is -2.15. The van der Waals surface area contributed by atoms with E-state index >= 15 is 0 Å². The Kier molecular flexibility index (Phi) is 9.79. The molecule has 0 radical (unpaired) electrons. The molecule has 2 heterocycles. The van der Waals surface area contributed by atoms with Crippen LogP contribution in [0.3, 0.4) is 0 Å². The predicted molar refractivity (Wildman–Crippen MR) is 153 cm³/mol. The monoisotopic (exact) mass is 668 g/mol. The molecular formula is C28H31F3N6O8S. The van der Waals surface area contributed by atoms with Gasteiger partial charge in [0.15, 0.2) is 5.69 Å². The first-order valence-corrected chi connectivity index (χ1v) is 15.2. The van der Waals surface area contributed by atoms with E-state index in [0.717, 1.165) is 33.5 Å². The second-order valence-electron chi connectivity index (χ2n) is 11.3. The molecule has 18 heteroatoms. The third-order valence-corrected chi connectivity index (χ3v) is 7.91. The van der Waals surface area contributed by atoms with Gasteiger partial charge in [0.25, 0.3) is 16.8 Å². The summed E-state index contributed by atoms with van der Waals surface area (Å²) < 4.78 is 78.9. The molecule has 14 nitrogen and oxygen atoms in total. The van der Waals surface area contributed by atoms with E-state index in [1.165, 1.54) is 12.1 Å². The van der Waals surface area contributed by atoms with Crippen LogP contribution in [0.1, 0.15) is 38.4 Å². The molecule has 46 heavy (non-hydrogen) atoms. The van der Waals surface area contributed by atoms with Gasteiger partial charge in [-0.15, -0.1) is 5.01 Å². The first-order chi connectivity index (χ1) is 21.4. The van der Waals surface area contributed by atoms with Crippen LogP contribution in [-0.2, 0) is 35.3 Å². The summed E-state index contributed by atoms with van der Waals surface area (Å²) in [6, 6.07) is 12.4. The molecule has 1 amide bonds. The molecule has 3 aromatic rings. The maximum absolute atomic E-state index is 13.5. The van der Waals surface area contributed by atoms with Gasteiger partial charge in [0.1, 0.15) is 12.6 Å². The molecule has 0 saturated carbocycles. The zero-order valence-electron chi connectivity index (χ0n) is 25.1. The van der Waals surface area contributed by atoms with Crippen molar-refractivity contribution in [2.75, 3.05) is 19.9 Å². The van der Waals surface area contributed by atoms with Crippen molar-refractivity contribution in [3.8, 4) is 16.9 Å². The Morgan fingerprint density at radius 2 is 1.76 bits per heavy atom. The minimum Gasteiger partial charge on any atom is -0.569 e. The fraction of sp³-hybridized carbons (Fsp3) is 0.393. The number of benzene rings is 2. The highest BCUT2D eigenvalue weighted by Gasteiger charge is 2.36. The van der Waals surface area contributed by atoms with Gasteiger partial charge in [-0.25, -0.2) is 22.6 Å². The zero-order valence-corrected chi connectivity index (χ0v) is 26.0. The van der Waals surface area contributed by atoms with Gasteiger partial charge in [-0.3, -0.25) is 4.79 Å². The van der Waals surface area contributed by atoms with Crippen molar-refractivity contribution in [1.29, 1.82) is 0 Å². The van der Waals surface area contributed by atoms with Crippen LogP contribution in [0.25, 0.3) is 16.9 Å². The molecule has 1 aromatic heterocycles. The fourth-order valence-electron chi connectivity index (χ4n) is 4.14. The average Bonchev–Trinajstić information content (AvgIpc) is 3.63. The number of amides is 1. The van der Waals surface area contributed by atoms with Gasteiger partial charge in [0.2, 0.25) is 5.28 Å². The summed E-state index contributed by atoms with van der Waals surface area (Å²) in [5.74, 6) is -0.559. The molecular weight excluding hydrogens is 637 g/mol. The highest BCUT2D eigenvalue weighted by molar-refractivity contribution is 7.90. The smallest absolute Gasteiger partial charge is 0.435 e. The van der Waals surface area contributed by atoms with E-state index in [1.54, 1.807) is 49.8 Å². The van der Waals surface area contributed by atoms with Gasteiger partial charge < -0.3 is 19.5 Å². The van der Waals surface area contributed by atoms with Gasteiger partial charge in [-0.05, 0) is 58.0 Å². The molecule has 2 aromatic carbocycles. The number of nitrogens with zero attached hydrogens (tertiary/aromatic N) is 5. The molecule has 1 fully saturated rings. The molecule has 4 rings (SSSR count). The second kappa shape index (κ2) is 13.2. The van der Waals surface area contributed by atoms with Crippen molar-refractivity contribution in [3.63, 3.8) is 0 Å². The van der Waals surface area contributed by atoms with Gasteiger partial charge in [0.05, 0.1) is 33.2 Å². The van der Waals surface area contributed by atoms with E-state index in [2.05, 4.69) is 15.2 Å². The molecule has 1 unspecified atom stereocenters. The maximum Gasteiger partial charge on any atom is 0.435 e. The lowest BCUT2D eigenvalue weighted by Crippen LogP contribution is -2.36. The molecule has 0 aliphatic carbocycles. The molecule has 1 N–H and O–H groups in total. The normalized spacial score (nSPS) is 15.8. The number of sulfonamides is 1. The molecule has 0 spiro atoms. The quantitative estimate of drug-likeness (QED) is 0.0842. The van der Waals surface area contributed by atoms with Gasteiger partial charge in [0, 0.05) is 12.0 Å². The Labute approximate surface area is 261 Å². The molecule has 0 bridgehead atoms. The van der Waals surface area contributed by atoms with Crippen molar-refractivity contribution >= 4 is 22.1 Å². The van der Waals surface area contributed by atoms with Crippen molar-refractivity contribution in [2.24, 2.45) is 10.7 Å². The number of esters is 1. The summed E-state index contributed by atoms with van der Waals surface area (Å²) in [7, 11) is -4.45. The van der Waals surface area contributed by atoms with Gasteiger partial charge in [-0.2, -0.15) is 18.3 Å². The number of ether oxygens (including phenoxy) is 2. The molecule has 1 aliphatic heterocycles. The Morgan fingerprint density at radius 3 is 2.37 bits per heavy atom. The van der Waals surface area contributed by atoms with E-state index in [-0.39, 0.29) is 40.8 Å². The van der Waals surface area contributed by atoms with E-state index in [4.69, 9.17) is 9.47 Å². The number of alkyl halides is 3. The summed E-state index contributed by atoms with van der Waals surface area (Å²) in [6.07, 6.45) is -6.72. The highest BCUT2D eigenvalue weighted by Crippen LogP contribution is 2.33. The summed E-state index contributed by atoms with van der Waals surface area (Å²) in [4.78, 5) is 28.5. The lowest BCUT2D eigenvalue weighted by atomic mass is 9.98. The van der Waals surface area contributed by atoms with E-state index in [0.29, 0.717) is 5.56 Å².